The minimum absolute atomic E-state index is 0.0405. The molecule has 4 fully saturated rings. The van der Waals surface area contributed by atoms with Crippen molar-refractivity contribution in [1.82, 2.24) is 10.6 Å². The van der Waals surface area contributed by atoms with Crippen molar-refractivity contribution < 1.29 is 53.3 Å². The molecule has 5 N–H and O–H groups in total. The number of hydrogen-bond donors (Lipinski definition) is 5. The second-order valence-electron chi connectivity index (χ2n) is 17.0. The van der Waals surface area contributed by atoms with Gasteiger partial charge in [-0.3, -0.25) is 4.79 Å². The van der Waals surface area contributed by atoms with Crippen molar-refractivity contribution in [3.63, 3.8) is 0 Å². The topological polar surface area (TPSA) is 170 Å². The molecule has 0 aliphatic carbocycles. The second kappa shape index (κ2) is 16.4. The van der Waals surface area contributed by atoms with Crippen LogP contribution in [0.5, 0.6) is 0 Å². The molecule has 0 bridgehead atoms. The number of esters is 1. The highest BCUT2D eigenvalue weighted by Gasteiger charge is 2.67. The first kappa shape index (κ1) is 42.8. The Kier molecular flexibility index (Phi) is 13.8. The van der Waals surface area contributed by atoms with Crippen LogP contribution in [0.15, 0.2) is 0 Å². The summed E-state index contributed by atoms with van der Waals surface area (Å²) in [5.41, 5.74) is -4.48. The predicted molar refractivity (Wildman–Crippen MR) is 191 cm³/mol. The first-order valence-electron chi connectivity index (χ1n) is 19.2. The molecule has 13 heteroatoms. The molecule has 0 aromatic carbocycles. The Morgan fingerprint density at radius 3 is 2.20 bits per heavy atom. The van der Waals surface area contributed by atoms with Gasteiger partial charge >= 0.3 is 5.97 Å². The number of methoxy groups -OCH3 is 1. The average molecular weight is 731 g/mol. The summed E-state index contributed by atoms with van der Waals surface area (Å²) in [6, 6.07) is -0.404. The maximum Gasteiger partial charge on any atom is 0.311 e. The molecule has 0 saturated carbocycles. The number of aliphatic hydroxyl groups is 3. The van der Waals surface area contributed by atoms with E-state index in [-0.39, 0.29) is 36.5 Å². The molecule has 298 valence electrons. The molecule has 4 aliphatic rings. The predicted octanol–water partition coefficient (Wildman–Crippen LogP) is 2.90. The summed E-state index contributed by atoms with van der Waals surface area (Å²) in [6.07, 6.45) is -4.13. The molecular weight excluding hydrogens is 660 g/mol. The summed E-state index contributed by atoms with van der Waals surface area (Å²) in [7, 11) is 3.58. The third kappa shape index (κ3) is 8.80. The third-order valence-electron chi connectivity index (χ3n) is 12.7. The van der Waals surface area contributed by atoms with E-state index in [9.17, 15) is 20.1 Å². The Hall–Kier alpha value is -0.970. The first-order chi connectivity index (χ1) is 23.7. The Labute approximate surface area is 306 Å². The standard InChI is InChI=1S/C38H70N2O11/c1-14-28-37(11,44)31(41)25(7)40-18-20(2)16-35(9,43)32(51-34-22(4)27(39-12)15-21(3)47-34)23(5)30(24(6)33(42)49-28)50-29-17-36(10,45-13)38(19-46-38)26(8)48-29/h20-32,34,39-41,43-44H,14-19H2,1-13H3/t20-,21-,22-,23+,24-,25-,26+,27+,28-,29+,30+,31-,32-,34+,35-,36-,37-,38+/m1/s1. The van der Waals surface area contributed by atoms with Gasteiger partial charge in [0.15, 0.2) is 12.6 Å². The Morgan fingerprint density at radius 1 is 0.980 bits per heavy atom. The molecule has 13 nitrogen and oxygen atoms in total. The average Bonchev–Trinajstić information content (AvgIpc) is 3.88. The Morgan fingerprint density at radius 2 is 1.63 bits per heavy atom. The maximum absolute atomic E-state index is 14.2. The number of ether oxygens (including phenoxy) is 7. The molecular formula is C38H70N2O11. The number of nitrogens with one attached hydrogen (secondary N) is 2. The molecule has 1 spiro atoms. The third-order valence-corrected chi connectivity index (χ3v) is 12.7. The van der Waals surface area contributed by atoms with Crippen molar-refractivity contribution in [3.8, 4) is 0 Å². The zero-order valence-electron chi connectivity index (χ0n) is 33.4. The lowest BCUT2D eigenvalue weighted by Crippen LogP contribution is -2.61. The van der Waals surface area contributed by atoms with Crippen LogP contribution in [0, 0.1) is 23.7 Å². The van der Waals surface area contributed by atoms with E-state index in [1.165, 1.54) is 6.92 Å². The van der Waals surface area contributed by atoms with Gasteiger partial charge in [0.25, 0.3) is 0 Å². The molecule has 18 atom stereocenters. The van der Waals surface area contributed by atoms with Crippen LogP contribution in [0.1, 0.15) is 102 Å². The fraction of sp³-hybridized carbons (Fsp3) is 0.974. The molecule has 0 aromatic heterocycles. The minimum atomic E-state index is -1.76. The van der Waals surface area contributed by atoms with E-state index in [0.29, 0.717) is 26.0 Å². The molecule has 0 unspecified atom stereocenters. The summed E-state index contributed by atoms with van der Waals surface area (Å²) >= 11 is 0. The van der Waals surface area contributed by atoms with Gasteiger partial charge in [0.2, 0.25) is 0 Å². The normalized spacial score (nSPS) is 52.1. The van der Waals surface area contributed by atoms with Crippen LogP contribution in [0.4, 0.5) is 0 Å². The number of rotatable bonds is 7. The van der Waals surface area contributed by atoms with Gasteiger partial charge in [-0.2, -0.15) is 0 Å². The Bertz CT molecular complexity index is 1150. The number of epoxide rings is 1. The molecule has 0 amide bonds. The summed E-state index contributed by atoms with van der Waals surface area (Å²) in [6.45, 7) is 21.5. The highest BCUT2D eigenvalue weighted by Crippen LogP contribution is 2.51. The van der Waals surface area contributed by atoms with E-state index in [2.05, 4.69) is 17.6 Å². The summed E-state index contributed by atoms with van der Waals surface area (Å²) in [5, 5.41) is 42.2. The van der Waals surface area contributed by atoms with Crippen LogP contribution in [0.2, 0.25) is 0 Å². The first-order valence-corrected chi connectivity index (χ1v) is 19.2. The van der Waals surface area contributed by atoms with Gasteiger partial charge < -0.3 is 59.1 Å². The van der Waals surface area contributed by atoms with E-state index in [0.717, 1.165) is 6.42 Å². The van der Waals surface area contributed by atoms with E-state index in [1.807, 2.05) is 41.7 Å². The minimum Gasteiger partial charge on any atom is -0.459 e. The summed E-state index contributed by atoms with van der Waals surface area (Å²) < 4.78 is 44.6. The van der Waals surface area contributed by atoms with Gasteiger partial charge in [-0.25, -0.2) is 0 Å². The van der Waals surface area contributed by atoms with Crippen LogP contribution >= 0.6 is 0 Å². The number of carbonyl (C=O) groups excluding carboxylic acids is 1. The largest absolute Gasteiger partial charge is 0.459 e. The lowest BCUT2D eigenvalue weighted by molar-refractivity contribution is -0.307. The molecule has 51 heavy (non-hydrogen) atoms. The zero-order valence-corrected chi connectivity index (χ0v) is 33.4. The molecule has 0 aromatic rings. The van der Waals surface area contributed by atoms with Crippen LogP contribution in [0.3, 0.4) is 0 Å². The molecule has 4 saturated heterocycles. The quantitative estimate of drug-likeness (QED) is 0.192. The SMILES string of the molecule is CC[C@H]1OC(=O)[C@H](C)[C@@H](O[C@H]2C[C@@](C)(OC)[C@]3(CO3)[C@H](C)O2)[C@H](C)[C@@H](O[C@@H]2O[C@H](C)C[C@H](NC)[C@H]2C)[C@](C)(O)C[C@@H](C)CN[C@H](C)[C@@H](O)[C@]1(C)O. The molecule has 4 aliphatic heterocycles. The van der Waals surface area contributed by atoms with Crippen molar-refractivity contribution in [2.75, 3.05) is 27.3 Å². The van der Waals surface area contributed by atoms with Gasteiger partial charge in [-0.1, -0.05) is 27.7 Å². The number of hydrogen-bond acceptors (Lipinski definition) is 13. The van der Waals surface area contributed by atoms with Crippen molar-refractivity contribution in [1.29, 1.82) is 0 Å². The highest BCUT2D eigenvalue weighted by atomic mass is 16.7. The lowest BCUT2D eigenvalue weighted by atomic mass is 9.77. The van der Waals surface area contributed by atoms with Crippen LogP contribution in [-0.4, -0.2) is 132 Å². The number of aliphatic hydroxyl groups excluding tert-OH is 1. The zero-order chi connectivity index (χ0) is 38.3. The smallest absolute Gasteiger partial charge is 0.311 e. The Balaban J connectivity index is 1.78. The van der Waals surface area contributed by atoms with Gasteiger partial charge in [0.05, 0.1) is 42.5 Å². The summed E-state index contributed by atoms with van der Waals surface area (Å²) in [4.78, 5) is 14.2. The van der Waals surface area contributed by atoms with Gasteiger partial charge in [0.1, 0.15) is 29.0 Å². The summed E-state index contributed by atoms with van der Waals surface area (Å²) in [5.74, 6) is -2.23. The van der Waals surface area contributed by atoms with E-state index < -0.39 is 83.2 Å². The van der Waals surface area contributed by atoms with E-state index in [1.54, 1.807) is 34.8 Å². The van der Waals surface area contributed by atoms with Crippen LogP contribution in [-0.2, 0) is 38.0 Å². The monoisotopic (exact) mass is 730 g/mol. The van der Waals surface area contributed by atoms with Gasteiger partial charge in [0, 0.05) is 37.5 Å². The van der Waals surface area contributed by atoms with E-state index in [4.69, 9.17) is 33.2 Å². The van der Waals surface area contributed by atoms with Crippen molar-refractivity contribution >= 4 is 5.97 Å². The van der Waals surface area contributed by atoms with Crippen molar-refractivity contribution in [2.45, 2.75) is 186 Å². The molecule has 0 radical (unpaired) electrons. The van der Waals surface area contributed by atoms with Crippen LogP contribution < -0.4 is 10.6 Å². The highest BCUT2D eigenvalue weighted by molar-refractivity contribution is 5.73. The second-order valence-corrected chi connectivity index (χ2v) is 17.0. The fourth-order valence-corrected chi connectivity index (χ4v) is 9.08. The van der Waals surface area contributed by atoms with Gasteiger partial charge in [-0.15, -0.1) is 0 Å². The van der Waals surface area contributed by atoms with Gasteiger partial charge in [-0.05, 0) is 87.2 Å². The fourth-order valence-electron chi connectivity index (χ4n) is 9.08. The molecule has 4 heterocycles. The van der Waals surface area contributed by atoms with Crippen molar-refractivity contribution in [2.24, 2.45) is 23.7 Å². The molecule has 4 rings (SSSR count). The number of carbonyl (C=O) groups is 1. The van der Waals surface area contributed by atoms with Crippen molar-refractivity contribution in [3.05, 3.63) is 0 Å². The lowest BCUT2D eigenvalue weighted by Gasteiger charge is -2.49. The number of cyclic esters (lactones) is 1. The maximum atomic E-state index is 14.2. The van der Waals surface area contributed by atoms with Crippen LogP contribution in [0.25, 0.3) is 0 Å². The van der Waals surface area contributed by atoms with E-state index >= 15 is 0 Å².